The zero-order valence-electron chi connectivity index (χ0n) is 17.5. The number of piperidine rings is 1. The van der Waals surface area contributed by atoms with Crippen LogP contribution in [0.15, 0.2) is 0 Å². The van der Waals surface area contributed by atoms with E-state index in [4.69, 9.17) is 14.2 Å². The Balaban J connectivity index is 1.97. The fourth-order valence-electron chi connectivity index (χ4n) is 3.49. The minimum atomic E-state index is -0.994. The van der Waals surface area contributed by atoms with Crippen LogP contribution in [0.2, 0.25) is 0 Å². The quantitative estimate of drug-likeness (QED) is 0.563. The first-order chi connectivity index (χ1) is 13.7. The number of rotatable bonds is 6. The zero-order chi connectivity index (χ0) is 21.7. The van der Waals surface area contributed by atoms with Crippen LogP contribution in [0.25, 0.3) is 0 Å². The normalized spacial score (nSPS) is 15.6. The van der Waals surface area contributed by atoms with E-state index in [9.17, 15) is 19.2 Å². The maximum absolute atomic E-state index is 12.6. The fourth-order valence-corrected chi connectivity index (χ4v) is 3.49. The van der Waals surface area contributed by atoms with Gasteiger partial charge in [-0.25, -0.2) is 9.59 Å². The van der Waals surface area contributed by atoms with Crippen molar-refractivity contribution in [2.24, 2.45) is 5.92 Å². The van der Waals surface area contributed by atoms with Gasteiger partial charge in [0, 0.05) is 18.8 Å². The van der Waals surface area contributed by atoms with E-state index in [1.165, 1.54) is 14.0 Å². The first kappa shape index (κ1) is 22.4. The molecule has 2 heterocycles. The molecule has 1 aliphatic rings. The zero-order valence-corrected chi connectivity index (χ0v) is 17.5. The van der Waals surface area contributed by atoms with Gasteiger partial charge in [0.05, 0.1) is 25.2 Å². The van der Waals surface area contributed by atoms with E-state index < -0.39 is 18.0 Å². The Hall–Kier alpha value is -2.84. The summed E-state index contributed by atoms with van der Waals surface area (Å²) in [5, 5.41) is 0. The van der Waals surface area contributed by atoms with Crippen molar-refractivity contribution >= 4 is 23.8 Å². The number of methoxy groups -OCH3 is 1. The summed E-state index contributed by atoms with van der Waals surface area (Å²) in [6.45, 7) is 7.66. The number of carbonyl (C=O) groups excluding carboxylic acids is 4. The molecule has 2 rings (SSSR count). The molecular weight excluding hydrogens is 380 g/mol. The van der Waals surface area contributed by atoms with Crippen LogP contribution in [0.5, 0.6) is 0 Å². The lowest BCUT2D eigenvalue weighted by Crippen LogP contribution is -2.45. The number of hydrogen-bond acceptors (Lipinski definition) is 7. The molecule has 1 N–H and O–H groups in total. The predicted octanol–water partition coefficient (Wildman–Crippen LogP) is 1.77. The van der Waals surface area contributed by atoms with E-state index in [1.807, 2.05) is 0 Å². The summed E-state index contributed by atoms with van der Waals surface area (Å²) in [4.78, 5) is 53.2. The monoisotopic (exact) mass is 408 g/mol. The Morgan fingerprint density at radius 3 is 2.31 bits per heavy atom. The average molecular weight is 408 g/mol. The molecule has 0 bridgehead atoms. The number of nitrogens with zero attached hydrogens (tertiary/aromatic N) is 1. The van der Waals surface area contributed by atoms with Crippen molar-refractivity contribution in [1.29, 1.82) is 0 Å². The van der Waals surface area contributed by atoms with Gasteiger partial charge < -0.3 is 24.1 Å². The summed E-state index contributed by atoms with van der Waals surface area (Å²) in [5.41, 5.74) is 1.29. The molecule has 1 aromatic rings. The molecule has 1 saturated heterocycles. The molecule has 1 aliphatic heterocycles. The molecule has 9 heteroatoms. The molecule has 160 valence electrons. The van der Waals surface area contributed by atoms with Crippen molar-refractivity contribution in [3.05, 3.63) is 22.5 Å². The van der Waals surface area contributed by atoms with Gasteiger partial charge in [-0.15, -0.1) is 0 Å². The lowest BCUT2D eigenvalue weighted by Gasteiger charge is -2.32. The van der Waals surface area contributed by atoms with Gasteiger partial charge in [0.15, 0.2) is 6.10 Å². The highest BCUT2D eigenvalue weighted by Crippen LogP contribution is 2.22. The van der Waals surface area contributed by atoms with Crippen LogP contribution in [0.4, 0.5) is 0 Å². The van der Waals surface area contributed by atoms with E-state index in [2.05, 4.69) is 4.98 Å². The van der Waals surface area contributed by atoms with E-state index in [1.54, 1.807) is 25.7 Å². The Morgan fingerprint density at radius 2 is 1.76 bits per heavy atom. The first-order valence-electron chi connectivity index (χ1n) is 9.65. The molecule has 1 aromatic heterocycles. The van der Waals surface area contributed by atoms with Gasteiger partial charge in [0.2, 0.25) is 0 Å². The van der Waals surface area contributed by atoms with Crippen LogP contribution in [0, 0.1) is 19.8 Å². The van der Waals surface area contributed by atoms with Gasteiger partial charge in [-0.1, -0.05) is 0 Å². The lowest BCUT2D eigenvalue weighted by atomic mass is 9.97. The Bertz CT molecular complexity index is 791. The van der Waals surface area contributed by atoms with Crippen molar-refractivity contribution in [2.75, 3.05) is 26.8 Å². The third-order valence-electron chi connectivity index (χ3n) is 5.09. The van der Waals surface area contributed by atoms with Gasteiger partial charge in [-0.3, -0.25) is 9.59 Å². The smallest absolute Gasteiger partial charge is 0.355 e. The van der Waals surface area contributed by atoms with Crippen molar-refractivity contribution in [3.63, 3.8) is 0 Å². The molecule has 0 aromatic carbocycles. The third kappa shape index (κ3) is 4.96. The van der Waals surface area contributed by atoms with Crippen molar-refractivity contribution < 1.29 is 33.4 Å². The maximum Gasteiger partial charge on any atom is 0.355 e. The highest BCUT2D eigenvalue weighted by atomic mass is 16.5. The van der Waals surface area contributed by atoms with Crippen LogP contribution < -0.4 is 0 Å². The van der Waals surface area contributed by atoms with Gasteiger partial charge >= 0.3 is 17.9 Å². The van der Waals surface area contributed by atoms with E-state index >= 15 is 0 Å². The van der Waals surface area contributed by atoms with E-state index in [0.29, 0.717) is 43.8 Å². The van der Waals surface area contributed by atoms with Gasteiger partial charge in [-0.2, -0.15) is 0 Å². The number of esters is 3. The summed E-state index contributed by atoms with van der Waals surface area (Å²) in [5.74, 6) is -2.04. The number of amides is 1. The largest absolute Gasteiger partial charge is 0.466 e. The van der Waals surface area contributed by atoms with Gasteiger partial charge in [0.25, 0.3) is 5.91 Å². The summed E-state index contributed by atoms with van der Waals surface area (Å²) < 4.78 is 15.1. The standard InChI is InChI=1S/C20H28N2O7/c1-6-28-18(24)14-7-9-22(10-8-14)17(23)13(4)29-20(26)16-11(2)15(12(3)21-16)19(25)27-5/h13-14,21H,6-10H2,1-5H3/t13-/m1/s1. The number of ether oxygens (including phenoxy) is 3. The molecule has 0 saturated carbocycles. The molecule has 0 spiro atoms. The van der Waals surface area contributed by atoms with Gasteiger partial charge in [0.1, 0.15) is 5.69 Å². The molecule has 0 unspecified atom stereocenters. The first-order valence-corrected chi connectivity index (χ1v) is 9.65. The third-order valence-corrected chi connectivity index (χ3v) is 5.09. The van der Waals surface area contributed by atoms with Crippen LogP contribution in [0.3, 0.4) is 0 Å². The Morgan fingerprint density at radius 1 is 1.14 bits per heavy atom. The highest BCUT2D eigenvalue weighted by molar-refractivity contribution is 5.99. The van der Waals surface area contributed by atoms with E-state index in [-0.39, 0.29) is 29.1 Å². The molecule has 1 amide bonds. The molecule has 0 aliphatic carbocycles. The number of aromatic amines is 1. The highest BCUT2D eigenvalue weighted by Gasteiger charge is 2.32. The van der Waals surface area contributed by atoms with Crippen LogP contribution in [-0.2, 0) is 23.8 Å². The second kappa shape index (κ2) is 9.58. The van der Waals surface area contributed by atoms with Crippen molar-refractivity contribution in [3.8, 4) is 0 Å². The van der Waals surface area contributed by atoms with Crippen LogP contribution >= 0.6 is 0 Å². The fraction of sp³-hybridized carbons (Fsp3) is 0.600. The number of aromatic nitrogens is 1. The summed E-state index contributed by atoms with van der Waals surface area (Å²) in [6.07, 6.45) is 0.0388. The van der Waals surface area contributed by atoms with E-state index in [0.717, 1.165) is 0 Å². The second-order valence-corrected chi connectivity index (χ2v) is 7.02. The number of likely N-dealkylation sites (tertiary alicyclic amines) is 1. The number of nitrogens with one attached hydrogen (secondary N) is 1. The second-order valence-electron chi connectivity index (χ2n) is 7.02. The van der Waals surface area contributed by atoms with Crippen molar-refractivity contribution in [2.45, 2.75) is 46.6 Å². The van der Waals surface area contributed by atoms with Crippen LogP contribution in [-0.4, -0.2) is 66.6 Å². The summed E-state index contributed by atoms with van der Waals surface area (Å²) >= 11 is 0. The Labute approximate surface area is 169 Å². The van der Waals surface area contributed by atoms with Gasteiger partial charge in [-0.05, 0) is 46.1 Å². The Kier molecular flexibility index (Phi) is 7.41. The number of hydrogen-bond donors (Lipinski definition) is 1. The summed E-state index contributed by atoms with van der Waals surface area (Å²) in [6, 6.07) is 0. The SMILES string of the molecule is CCOC(=O)C1CCN(C(=O)[C@@H](C)OC(=O)c2[nH]c(C)c(C(=O)OC)c2C)CC1. The lowest BCUT2D eigenvalue weighted by molar-refractivity contribution is -0.152. The van der Waals surface area contributed by atoms with Crippen molar-refractivity contribution in [1.82, 2.24) is 9.88 Å². The topological polar surface area (TPSA) is 115 Å². The molecule has 0 radical (unpaired) electrons. The number of H-pyrrole nitrogens is 1. The molecule has 9 nitrogen and oxygen atoms in total. The average Bonchev–Trinajstić information content (AvgIpc) is 3.01. The minimum absolute atomic E-state index is 0.114. The molecule has 29 heavy (non-hydrogen) atoms. The van der Waals surface area contributed by atoms with Crippen LogP contribution in [0.1, 0.15) is 58.8 Å². The maximum atomic E-state index is 12.6. The summed E-state index contributed by atoms with van der Waals surface area (Å²) in [7, 11) is 1.26. The minimum Gasteiger partial charge on any atom is -0.466 e. The predicted molar refractivity (Wildman–Crippen MR) is 102 cm³/mol. The number of carbonyl (C=O) groups is 4. The molecular formula is C20H28N2O7. The molecule has 1 atom stereocenters. The number of aryl methyl sites for hydroxylation is 1. The molecule has 1 fully saturated rings.